The smallest absolute Gasteiger partial charge is 0.0101 e. The van der Waals surface area contributed by atoms with Gasteiger partial charge in [-0.05, 0) is 88.5 Å². The van der Waals surface area contributed by atoms with Gasteiger partial charge in [0.15, 0.2) is 0 Å². The summed E-state index contributed by atoms with van der Waals surface area (Å²) in [4.78, 5) is 0. The molecule has 1 nitrogen and oxygen atoms in total. The van der Waals surface area contributed by atoms with Crippen molar-refractivity contribution in [3.63, 3.8) is 0 Å². The van der Waals surface area contributed by atoms with E-state index in [1.165, 1.54) is 18.4 Å². The molecule has 1 heteroatoms. The first-order chi connectivity index (χ1) is 8.67. The first-order valence-corrected chi connectivity index (χ1v) is 7.99. The summed E-state index contributed by atoms with van der Waals surface area (Å²) in [5, 5.41) is 3.64. The molecular weight excluding hydrogens is 218 g/mol. The monoisotopic (exact) mass is 247 g/mol. The molecule has 4 saturated carbocycles. The van der Waals surface area contributed by atoms with Crippen LogP contribution in [0.1, 0.15) is 51.9 Å². The molecule has 4 fully saturated rings. The Bertz CT molecular complexity index is 292. The van der Waals surface area contributed by atoms with Crippen LogP contribution in [0.5, 0.6) is 0 Å². The van der Waals surface area contributed by atoms with Crippen LogP contribution in [0.3, 0.4) is 0 Å². The topological polar surface area (TPSA) is 12.0 Å². The Hall–Kier alpha value is -0.300. The van der Waals surface area contributed by atoms with Crippen molar-refractivity contribution < 1.29 is 0 Å². The molecule has 0 heterocycles. The molecule has 0 spiro atoms. The summed E-state index contributed by atoms with van der Waals surface area (Å²) in [6.45, 7) is 6.24. The second kappa shape index (κ2) is 5.00. The number of nitrogens with one attached hydrogen (secondary N) is 1. The van der Waals surface area contributed by atoms with Crippen LogP contribution in [0.25, 0.3) is 0 Å². The summed E-state index contributed by atoms with van der Waals surface area (Å²) in [5.41, 5.74) is 1.35. The van der Waals surface area contributed by atoms with Crippen molar-refractivity contribution in [2.75, 3.05) is 7.05 Å². The maximum atomic E-state index is 4.07. The highest BCUT2D eigenvalue weighted by Gasteiger charge is 2.49. The summed E-state index contributed by atoms with van der Waals surface area (Å²) in [7, 11) is 2.17. The zero-order chi connectivity index (χ0) is 12.7. The molecule has 0 aromatic heterocycles. The van der Waals surface area contributed by atoms with Gasteiger partial charge in [0.2, 0.25) is 0 Å². The largest absolute Gasteiger partial charge is 0.317 e. The minimum absolute atomic E-state index is 0.747. The predicted octanol–water partition coefficient (Wildman–Crippen LogP) is 4.00. The lowest BCUT2D eigenvalue weighted by Crippen LogP contribution is -2.52. The van der Waals surface area contributed by atoms with Crippen LogP contribution in [0.15, 0.2) is 12.2 Å². The van der Waals surface area contributed by atoms with E-state index in [1.54, 1.807) is 32.1 Å². The standard InChI is InChI=1S/C17H29N/c1-11(2)4-5-16(18-3)17-14-7-12-6-13(9-14)10-15(17)8-12/h12-18H,1,4-10H2,2-3H3. The minimum Gasteiger partial charge on any atom is -0.317 e. The summed E-state index contributed by atoms with van der Waals surface area (Å²) >= 11 is 0. The first kappa shape index (κ1) is 12.7. The second-order valence-corrected chi connectivity index (χ2v) is 7.40. The molecule has 4 bridgehead atoms. The Balaban J connectivity index is 1.68. The van der Waals surface area contributed by atoms with E-state index < -0.39 is 0 Å². The fourth-order valence-electron chi connectivity index (χ4n) is 5.56. The van der Waals surface area contributed by atoms with Gasteiger partial charge in [-0.15, -0.1) is 6.58 Å². The van der Waals surface area contributed by atoms with E-state index in [4.69, 9.17) is 0 Å². The van der Waals surface area contributed by atoms with Gasteiger partial charge in [0.1, 0.15) is 0 Å². The molecule has 4 aliphatic rings. The van der Waals surface area contributed by atoms with Gasteiger partial charge in [0, 0.05) is 6.04 Å². The lowest BCUT2D eigenvalue weighted by molar-refractivity contribution is -0.0518. The molecule has 1 unspecified atom stereocenters. The quantitative estimate of drug-likeness (QED) is 0.724. The Kier molecular flexibility index (Phi) is 3.53. The molecule has 0 aromatic carbocycles. The molecule has 18 heavy (non-hydrogen) atoms. The van der Waals surface area contributed by atoms with Crippen molar-refractivity contribution in [2.45, 2.75) is 57.9 Å². The van der Waals surface area contributed by atoms with E-state index in [0.717, 1.165) is 35.6 Å². The summed E-state index contributed by atoms with van der Waals surface area (Å²) < 4.78 is 0. The summed E-state index contributed by atoms with van der Waals surface area (Å²) in [6.07, 6.45) is 10.3. The minimum atomic E-state index is 0.747. The normalized spacial score (nSPS) is 43.1. The highest BCUT2D eigenvalue weighted by atomic mass is 14.9. The second-order valence-electron chi connectivity index (χ2n) is 7.40. The number of hydrogen-bond donors (Lipinski definition) is 1. The Morgan fingerprint density at radius 2 is 1.67 bits per heavy atom. The molecule has 0 saturated heterocycles. The maximum absolute atomic E-state index is 4.07. The van der Waals surface area contributed by atoms with Gasteiger partial charge in [-0.25, -0.2) is 0 Å². The Morgan fingerprint density at radius 3 is 2.11 bits per heavy atom. The van der Waals surface area contributed by atoms with E-state index >= 15 is 0 Å². The number of allylic oxidation sites excluding steroid dienone is 1. The van der Waals surface area contributed by atoms with Crippen molar-refractivity contribution in [3.05, 3.63) is 12.2 Å². The molecule has 102 valence electrons. The fraction of sp³-hybridized carbons (Fsp3) is 0.882. The average molecular weight is 247 g/mol. The summed E-state index contributed by atoms with van der Waals surface area (Å²) in [6, 6.07) is 0.747. The summed E-state index contributed by atoms with van der Waals surface area (Å²) in [5.74, 6) is 5.26. The Labute approximate surface area is 112 Å². The average Bonchev–Trinajstić information content (AvgIpc) is 2.31. The van der Waals surface area contributed by atoms with Crippen LogP contribution in [-0.2, 0) is 0 Å². The van der Waals surface area contributed by atoms with E-state index in [1.807, 2.05) is 0 Å². The number of hydrogen-bond acceptors (Lipinski definition) is 1. The SMILES string of the molecule is C=C(C)CCC(NC)C1C2CC3CC(C2)CC1C3. The highest BCUT2D eigenvalue weighted by molar-refractivity contribution is 5.02. The van der Waals surface area contributed by atoms with Gasteiger partial charge in [-0.3, -0.25) is 0 Å². The lowest BCUT2D eigenvalue weighted by Gasteiger charge is -2.56. The molecule has 1 atom stereocenters. The molecule has 1 N–H and O–H groups in total. The zero-order valence-electron chi connectivity index (χ0n) is 12.1. The predicted molar refractivity (Wildman–Crippen MR) is 77.4 cm³/mol. The molecular formula is C17H29N. The van der Waals surface area contributed by atoms with Crippen molar-refractivity contribution >= 4 is 0 Å². The van der Waals surface area contributed by atoms with E-state index in [9.17, 15) is 0 Å². The van der Waals surface area contributed by atoms with Crippen LogP contribution >= 0.6 is 0 Å². The molecule has 0 aliphatic heterocycles. The first-order valence-electron chi connectivity index (χ1n) is 7.99. The van der Waals surface area contributed by atoms with Crippen LogP contribution in [-0.4, -0.2) is 13.1 Å². The van der Waals surface area contributed by atoms with Gasteiger partial charge < -0.3 is 5.32 Å². The molecule has 4 aliphatic carbocycles. The third-order valence-corrected chi connectivity index (χ3v) is 6.02. The molecule has 4 rings (SSSR count). The van der Waals surface area contributed by atoms with Crippen molar-refractivity contribution in [1.29, 1.82) is 0 Å². The van der Waals surface area contributed by atoms with Crippen molar-refractivity contribution in [2.24, 2.45) is 29.6 Å². The lowest BCUT2D eigenvalue weighted by atomic mass is 9.50. The third kappa shape index (κ3) is 2.27. The maximum Gasteiger partial charge on any atom is 0.0101 e. The van der Waals surface area contributed by atoms with Gasteiger partial charge in [0.25, 0.3) is 0 Å². The van der Waals surface area contributed by atoms with Crippen LogP contribution < -0.4 is 5.32 Å². The van der Waals surface area contributed by atoms with Gasteiger partial charge in [-0.1, -0.05) is 5.57 Å². The molecule has 0 amide bonds. The molecule has 0 aromatic rings. The van der Waals surface area contributed by atoms with Crippen LogP contribution in [0.2, 0.25) is 0 Å². The zero-order valence-corrected chi connectivity index (χ0v) is 12.1. The van der Waals surface area contributed by atoms with Gasteiger partial charge in [0.05, 0.1) is 0 Å². The number of rotatable bonds is 5. The van der Waals surface area contributed by atoms with E-state index in [2.05, 4.69) is 25.9 Å². The van der Waals surface area contributed by atoms with Crippen molar-refractivity contribution in [3.8, 4) is 0 Å². The van der Waals surface area contributed by atoms with E-state index in [0.29, 0.717) is 0 Å². The van der Waals surface area contributed by atoms with Crippen molar-refractivity contribution in [1.82, 2.24) is 5.32 Å². The van der Waals surface area contributed by atoms with E-state index in [-0.39, 0.29) is 0 Å². The van der Waals surface area contributed by atoms with Crippen LogP contribution in [0, 0.1) is 29.6 Å². The van der Waals surface area contributed by atoms with Gasteiger partial charge in [-0.2, -0.15) is 0 Å². The highest BCUT2D eigenvalue weighted by Crippen LogP contribution is 2.57. The fourth-order valence-corrected chi connectivity index (χ4v) is 5.56. The molecule has 0 radical (unpaired) electrons. The van der Waals surface area contributed by atoms with Gasteiger partial charge >= 0.3 is 0 Å². The Morgan fingerprint density at radius 1 is 1.11 bits per heavy atom. The van der Waals surface area contributed by atoms with Crippen LogP contribution in [0.4, 0.5) is 0 Å². The third-order valence-electron chi connectivity index (χ3n) is 6.02.